The van der Waals surface area contributed by atoms with Crippen LogP contribution in [0.5, 0.6) is 0 Å². The molecule has 1 aromatic carbocycles. The predicted molar refractivity (Wildman–Crippen MR) is 59.3 cm³/mol. The quantitative estimate of drug-likeness (QED) is 0.488. The van der Waals surface area contributed by atoms with Crippen molar-refractivity contribution in [2.45, 2.75) is 13.0 Å². The van der Waals surface area contributed by atoms with Gasteiger partial charge < -0.3 is 10.6 Å². The summed E-state index contributed by atoms with van der Waals surface area (Å²) in [6, 6.07) is -0.403. The first-order chi connectivity index (χ1) is 9.25. The second kappa shape index (κ2) is 5.01. The highest BCUT2D eigenvalue weighted by Crippen LogP contribution is 2.26. The second-order valence-corrected chi connectivity index (χ2v) is 4.80. The fourth-order valence-corrected chi connectivity index (χ4v) is 2.11. The van der Waals surface area contributed by atoms with Gasteiger partial charge in [0.25, 0.3) is 5.91 Å². The third-order valence-corrected chi connectivity index (χ3v) is 3.38. The van der Waals surface area contributed by atoms with Gasteiger partial charge in [0.1, 0.15) is 5.56 Å². The van der Waals surface area contributed by atoms with Gasteiger partial charge in [-0.2, -0.15) is 0 Å². The van der Waals surface area contributed by atoms with Crippen molar-refractivity contribution in [2.24, 2.45) is 11.7 Å². The number of benzene rings is 1. The van der Waals surface area contributed by atoms with Crippen molar-refractivity contribution in [3.63, 3.8) is 0 Å². The molecule has 1 aliphatic heterocycles. The summed E-state index contributed by atoms with van der Waals surface area (Å²) < 4.78 is 66.0. The molecule has 1 amide bonds. The van der Waals surface area contributed by atoms with Gasteiger partial charge in [-0.05, 0) is 5.92 Å². The van der Waals surface area contributed by atoms with Crippen molar-refractivity contribution in [3.8, 4) is 0 Å². The van der Waals surface area contributed by atoms with Crippen LogP contribution in [0.25, 0.3) is 0 Å². The minimum absolute atomic E-state index is 0.000501. The lowest BCUT2D eigenvalue weighted by atomic mass is 10.1. The molecule has 2 N–H and O–H groups in total. The molecule has 1 heterocycles. The molecule has 0 spiro atoms. The largest absolute Gasteiger partial charge is 0.337 e. The molecule has 0 aromatic heterocycles. The summed E-state index contributed by atoms with van der Waals surface area (Å²) in [6.07, 6.45) is 0. The zero-order chi connectivity index (χ0) is 15.2. The summed E-state index contributed by atoms with van der Waals surface area (Å²) in [6.45, 7) is 1.81. The standard InChI is InChI=1S/C12H11F5N2O/c1-4-2-19(3-5(4)18)12(20)6-7(13)9(15)11(17)10(16)8(6)14/h4-5H,2-3,18H2,1H3. The van der Waals surface area contributed by atoms with Crippen LogP contribution in [0.4, 0.5) is 22.0 Å². The lowest BCUT2D eigenvalue weighted by molar-refractivity contribution is 0.0773. The van der Waals surface area contributed by atoms with Crippen LogP contribution in [0, 0.1) is 35.0 Å². The zero-order valence-corrected chi connectivity index (χ0v) is 10.4. The van der Waals surface area contributed by atoms with Crippen molar-refractivity contribution in [3.05, 3.63) is 34.6 Å². The summed E-state index contributed by atoms with van der Waals surface area (Å²) in [5, 5.41) is 0. The van der Waals surface area contributed by atoms with E-state index in [0.717, 1.165) is 4.90 Å². The van der Waals surface area contributed by atoms with Gasteiger partial charge in [0.15, 0.2) is 23.3 Å². The SMILES string of the molecule is CC1CN(C(=O)c2c(F)c(F)c(F)c(F)c2F)CC1N. The molecule has 20 heavy (non-hydrogen) atoms. The van der Waals surface area contributed by atoms with E-state index in [1.54, 1.807) is 6.92 Å². The number of hydrogen-bond donors (Lipinski definition) is 1. The number of rotatable bonds is 1. The average Bonchev–Trinajstić information content (AvgIpc) is 2.74. The Balaban J connectivity index is 2.46. The number of nitrogens with two attached hydrogens (primary N) is 1. The van der Waals surface area contributed by atoms with E-state index in [2.05, 4.69) is 0 Å². The molecule has 0 saturated carbocycles. The minimum atomic E-state index is -2.29. The van der Waals surface area contributed by atoms with Crippen LogP contribution in [-0.2, 0) is 0 Å². The Bertz CT molecular complexity index is 538. The van der Waals surface area contributed by atoms with Crippen LogP contribution in [0.15, 0.2) is 0 Å². The van der Waals surface area contributed by atoms with Crippen LogP contribution >= 0.6 is 0 Å². The monoisotopic (exact) mass is 294 g/mol. The maximum atomic E-state index is 13.5. The van der Waals surface area contributed by atoms with Crippen molar-refractivity contribution in [2.75, 3.05) is 13.1 Å². The van der Waals surface area contributed by atoms with E-state index in [9.17, 15) is 26.7 Å². The molecular weight excluding hydrogens is 283 g/mol. The summed E-state index contributed by atoms with van der Waals surface area (Å²) in [5.41, 5.74) is 4.21. The topological polar surface area (TPSA) is 46.3 Å². The number of likely N-dealkylation sites (tertiary alicyclic amines) is 1. The summed E-state index contributed by atoms with van der Waals surface area (Å²) >= 11 is 0. The molecule has 2 rings (SSSR count). The van der Waals surface area contributed by atoms with E-state index in [4.69, 9.17) is 5.73 Å². The third kappa shape index (κ3) is 2.13. The number of nitrogens with zero attached hydrogens (tertiary/aromatic N) is 1. The molecule has 1 saturated heterocycles. The highest BCUT2D eigenvalue weighted by Gasteiger charge is 2.36. The molecular formula is C12H11F5N2O. The van der Waals surface area contributed by atoms with Gasteiger partial charge in [-0.15, -0.1) is 0 Å². The van der Waals surface area contributed by atoms with Crippen molar-refractivity contribution in [1.82, 2.24) is 4.90 Å². The number of hydrogen-bond acceptors (Lipinski definition) is 2. The Morgan fingerprint density at radius 3 is 1.85 bits per heavy atom. The summed E-state index contributed by atoms with van der Waals surface area (Å²) in [7, 11) is 0. The molecule has 1 fully saturated rings. The van der Waals surface area contributed by atoms with Gasteiger partial charge in [0.2, 0.25) is 5.82 Å². The van der Waals surface area contributed by atoms with E-state index < -0.39 is 46.6 Å². The predicted octanol–water partition coefficient (Wildman–Crippen LogP) is 1.80. The van der Waals surface area contributed by atoms with Crippen molar-refractivity contribution < 1.29 is 26.7 Å². The molecule has 2 atom stereocenters. The number of halogens is 5. The fourth-order valence-electron chi connectivity index (χ4n) is 2.11. The molecule has 2 unspecified atom stereocenters. The van der Waals surface area contributed by atoms with Gasteiger partial charge in [0, 0.05) is 19.1 Å². The lowest BCUT2D eigenvalue weighted by Crippen LogP contribution is -2.33. The molecule has 0 bridgehead atoms. The fraction of sp³-hybridized carbons (Fsp3) is 0.417. The van der Waals surface area contributed by atoms with Crippen LogP contribution in [-0.4, -0.2) is 29.9 Å². The van der Waals surface area contributed by atoms with E-state index in [0.29, 0.717) is 0 Å². The van der Waals surface area contributed by atoms with Crippen LogP contribution in [0.2, 0.25) is 0 Å². The van der Waals surface area contributed by atoms with Crippen molar-refractivity contribution >= 4 is 5.91 Å². The molecule has 0 aliphatic carbocycles. The maximum Gasteiger partial charge on any atom is 0.260 e. The Kier molecular flexibility index (Phi) is 3.68. The molecule has 8 heteroatoms. The lowest BCUT2D eigenvalue weighted by Gasteiger charge is -2.17. The molecule has 0 radical (unpaired) electrons. The normalized spacial score (nSPS) is 22.4. The van der Waals surface area contributed by atoms with Crippen LogP contribution < -0.4 is 5.73 Å². The molecule has 1 aromatic rings. The Hall–Kier alpha value is -1.70. The Morgan fingerprint density at radius 2 is 1.45 bits per heavy atom. The molecule has 110 valence electrons. The summed E-state index contributed by atoms with van der Waals surface area (Å²) in [4.78, 5) is 12.9. The van der Waals surface area contributed by atoms with E-state index >= 15 is 0 Å². The van der Waals surface area contributed by atoms with Gasteiger partial charge in [-0.25, -0.2) is 22.0 Å². The second-order valence-electron chi connectivity index (χ2n) is 4.80. The first kappa shape index (κ1) is 14.7. The van der Waals surface area contributed by atoms with Gasteiger partial charge in [0.05, 0.1) is 0 Å². The highest BCUT2D eigenvalue weighted by atomic mass is 19.2. The first-order valence-corrected chi connectivity index (χ1v) is 5.82. The molecule has 3 nitrogen and oxygen atoms in total. The highest BCUT2D eigenvalue weighted by molar-refractivity contribution is 5.95. The Morgan fingerprint density at radius 1 is 1.00 bits per heavy atom. The van der Waals surface area contributed by atoms with E-state index in [1.807, 2.05) is 0 Å². The van der Waals surface area contributed by atoms with Crippen LogP contribution in [0.3, 0.4) is 0 Å². The third-order valence-electron chi connectivity index (χ3n) is 3.38. The first-order valence-electron chi connectivity index (χ1n) is 5.82. The zero-order valence-electron chi connectivity index (χ0n) is 10.4. The Labute approximate surface area is 111 Å². The van der Waals surface area contributed by atoms with E-state index in [1.165, 1.54) is 0 Å². The summed E-state index contributed by atoms with van der Waals surface area (Å²) in [5.74, 6) is -12.2. The number of amides is 1. The molecule has 1 aliphatic rings. The minimum Gasteiger partial charge on any atom is -0.337 e. The number of carbonyl (C=O) groups excluding carboxylic acids is 1. The van der Waals surface area contributed by atoms with Gasteiger partial charge in [-0.3, -0.25) is 4.79 Å². The smallest absolute Gasteiger partial charge is 0.260 e. The van der Waals surface area contributed by atoms with E-state index in [-0.39, 0.29) is 19.0 Å². The average molecular weight is 294 g/mol. The number of carbonyl (C=O) groups is 1. The maximum absolute atomic E-state index is 13.5. The van der Waals surface area contributed by atoms with Crippen LogP contribution in [0.1, 0.15) is 17.3 Å². The van der Waals surface area contributed by atoms with Gasteiger partial charge in [-0.1, -0.05) is 6.92 Å². The van der Waals surface area contributed by atoms with Gasteiger partial charge >= 0.3 is 0 Å². The van der Waals surface area contributed by atoms with Crippen molar-refractivity contribution in [1.29, 1.82) is 0 Å².